The minimum absolute atomic E-state index is 0.526. The minimum Gasteiger partial charge on any atom is -0.337 e. The lowest BCUT2D eigenvalue weighted by Crippen LogP contribution is -2.07. The van der Waals surface area contributed by atoms with E-state index >= 15 is 0 Å². The summed E-state index contributed by atoms with van der Waals surface area (Å²) in [7, 11) is 0. The van der Waals surface area contributed by atoms with Gasteiger partial charge in [-0.2, -0.15) is 16.7 Å². The molecule has 0 aliphatic rings. The van der Waals surface area contributed by atoms with Gasteiger partial charge in [0.25, 0.3) is 0 Å². The van der Waals surface area contributed by atoms with E-state index in [4.69, 9.17) is 4.52 Å². The zero-order chi connectivity index (χ0) is 9.68. The van der Waals surface area contributed by atoms with Crippen molar-refractivity contribution in [1.82, 2.24) is 10.1 Å². The molecule has 5 heteroatoms. The van der Waals surface area contributed by atoms with Crippen molar-refractivity contribution < 1.29 is 4.52 Å². The van der Waals surface area contributed by atoms with E-state index in [1.165, 1.54) is 0 Å². The lowest BCUT2D eigenvalue weighted by molar-refractivity contribution is 0.423. The van der Waals surface area contributed by atoms with E-state index in [0.29, 0.717) is 11.9 Å². The van der Waals surface area contributed by atoms with E-state index in [1.807, 2.05) is 6.26 Å². The van der Waals surface area contributed by atoms with Crippen molar-refractivity contribution in [2.45, 2.75) is 19.6 Å². The zero-order valence-electron chi connectivity index (χ0n) is 8.20. The number of nitrogens with zero attached hydrogens (tertiary/aromatic N) is 2. The van der Waals surface area contributed by atoms with Gasteiger partial charge in [-0.05, 0) is 12.2 Å². The summed E-state index contributed by atoms with van der Waals surface area (Å²) in [6.07, 6.45) is 2.01. The molecule has 0 aromatic carbocycles. The molecule has 1 rings (SSSR count). The van der Waals surface area contributed by atoms with Crippen molar-refractivity contribution in [3.05, 3.63) is 5.82 Å². The summed E-state index contributed by atoms with van der Waals surface area (Å²) < 4.78 is 4.98. The van der Waals surface area contributed by atoms with Gasteiger partial charge in [0.05, 0.1) is 5.75 Å². The number of thioether (sulfide) groups is 1. The standard InChI is InChI=1S/C8H15N3OS/c1-6(2)4-9-8-10-7(5-13-3)11-12-8/h6H,4-5H2,1-3H3,(H,9,10,11). The topological polar surface area (TPSA) is 51.0 Å². The monoisotopic (exact) mass is 201 g/mol. The SMILES string of the molecule is CSCc1noc(NCC(C)C)n1. The van der Waals surface area contributed by atoms with Crippen LogP contribution >= 0.6 is 11.8 Å². The normalized spacial score (nSPS) is 10.8. The Morgan fingerprint density at radius 2 is 2.31 bits per heavy atom. The second-order valence-corrected chi connectivity index (χ2v) is 4.09. The lowest BCUT2D eigenvalue weighted by atomic mass is 10.2. The van der Waals surface area contributed by atoms with Crippen LogP contribution in [0.2, 0.25) is 0 Å². The highest BCUT2D eigenvalue weighted by atomic mass is 32.2. The molecule has 74 valence electrons. The van der Waals surface area contributed by atoms with E-state index in [0.717, 1.165) is 18.1 Å². The van der Waals surface area contributed by atoms with Gasteiger partial charge in [-0.3, -0.25) is 0 Å². The molecule has 0 atom stereocenters. The molecule has 0 bridgehead atoms. The number of nitrogens with one attached hydrogen (secondary N) is 1. The molecule has 1 aromatic rings. The number of hydrogen-bond acceptors (Lipinski definition) is 5. The fourth-order valence-electron chi connectivity index (χ4n) is 0.805. The Bertz CT molecular complexity index is 249. The highest BCUT2D eigenvalue weighted by Gasteiger charge is 2.04. The Balaban J connectivity index is 2.39. The van der Waals surface area contributed by atoms with Crippen molar-refractivity contribution in [3.8, 4) is 0 Å². The van der Waals surface area contributed by atoms with Gasteiger partial charge in [0.1, 0.15) is 0 Å². The van der Waals surface area contributed by atoms with E-state index in [9.17, 15) is 0 Å². The average molecular weight is 201 g/mol. The summed E-state index contributed by atoms with van der Waals surface area (Å²) in [6.45, 7) is 5.12. The molecule has 0 saturated heterocycles. The van der Waals surface area contributed by atoms with Crippen LogP contribution in [0.25, 0.3) is 0 Å². The van der Waals surface area contributed by atoms with Crippen LogP contribution in [0.15, 0.2) is 4.52 Å². The van der Waals surface area contributed by atoms with Crippen LogP contribution in [0.4, 0.5) is 6.01 Å². The molecule has 1 N–H and O–H groups in total. The van der Waals surface area contributed by atoms with Gasteiger partial charge in [-0.1, -0.05) is 19.0 Å². The second kappa shape index (κ2) is 5.11. The van der Waals surface area contributed by atoms with Crippen molar-refractivity contribution in [2.75, 3.05) is 18.1 Å². The molecule has 4 nitrogen and oxygen atoms in total. The largest absolute Gasteiger partial charge is 0.337 e. The number of rotatable bonds is 5. The molecule has 0 fully saturated rings. The molecular formula is C8H15N3OS. The van der Waals surface area contributed by atoms with Gasteiger partial charge < -0.3 is 9.84 Å². The fraction of sp³-hybridized carbons (Fsp3) is 0.750. The van der Waals surface area contributed by atoms with E-state index in [1.54, 1.807) is 11.8 Å². The third-order valence-electron chi connectivity index (χ3n) is 1.40. The van der Waals surface area contributed by atoms with Crippen molar-refractivity contribution >= 4 is 17.8 Å². The molecule has 13 heavy (non-hydrogen) atoms. The quantitative estimate of drug-likeness (QED) is 0.789. The van der Waals surface area contributed by atoms with Crippen molar-refractivity contribution in [1.29, 1.82) is 0 Å². The number of aromatic nitrogens is 2. The third-order valence-corrected chi connectivity index (χ3v) is 1.95. The van der Waals surface area contributed by atoms with Gasteiger partial charge in [-0.15, -0.1) is 0 Å². The first-order valence-corrected chi connectivity index (χ1v) is 5.67. The molecular weight excluding hydrogens is 186 g/mol. The van der Waals surface area contributed by atoms with Crippen molar-refractivity contribution in [3.63, 3.8) is 0 Å². The summed E-state index contributed by atoms with van der Waals surface area (Å²) in [5, 5.41) is 6.89. The van der Waals surface area contributed by atoms with Crippen molar-refractivity contribution in [2.24, 2.45) is 5.92 Å². The molecule has 0 saturated carbocycles. The highest BCUT2D eigenvalue weighted by molar-refractivity contribution is 7.97. The first kappa shape index (κ1) is 10.4. The summed E-state index contributed by atoms with van der Waals surface area (Å²) in [5.74, 6) is 2.13. The predicted molar refractivity (Wildman–Crippen MR) is 54.8 cm³/mol. The van der Waals surface area contributed by atoms with Crippen LogP contribution in [0.5, 0.6) is 0 Å². The highest BCUT2D eigenvalue weighted by Crippen LogP contribution is 2.08. The van der Waals surface area contributed by atoms with Crippen LogP contribution in [0.1, 0.15) is 19.7 Å². The summed E-state index contributed by atoms with van der Waals surface area (Å²) in [4.78, 5) is 4.16. The lowest BCUT2D eigenvalue weighted by Gasteiger charge is -2.02. The van der Waals surface area contributed by atoms with E-state index < -0.39 is 0 Å². The summed E-state index contributed by atoms with van der Waals surface area (Å²) in [5.41, 5.74) is 0. The summed E-state index contributed by atoms with van der Waals surface area (Å²) >= 11 is 1.68. The first-order chi connectivity index (χ1) is 6.22. The van der Waals surface area contributed by atoms with Crippen LogP contribution in [0, 0.1) is 5.92 Å². The number of anilines is 1. The molecule has 0 unspecified atom stereocenters. The Kier molecular flexibility index (Phi) is 4.08. The second-order valence-electron chi connectivity index (χ2n) is 3.22. The predicted octanol–water partition coefficient (Wildman–Crippen LogP) is 2.00. The Morgan fingerprint density at radius 3 is 2.92 bits per heavy atom. The van der Waals surface area contributed by atoms with E-state index in [-0.39, 0.29) is 0 Å². The molecule has 1 aromatic heterocycles. The van der Waals surface area contributed by atoms with Gasteiger partial charge in [0.15, 0.2) is 5.82 Å². The maximum Gasteiger partial charge on any atom is 0.321 e. The van der Waals surface area contributed by atoms with E-state index in [2.05, 4.69) is 29.3 Å². The Labute approximate surface area is 82.5 Å². The molecule has 0 aliphatic heterocycles. The van der Waals surface area contributed by atoms with Crippen LogP contribution in [-0.4, -0.2) is 22.9 Å². The maximum atomic E-state index is 4.98. The van der Waals surface area contributed by atoms with Gasteiger partial charge in [0, 0.05) is 6.54 Å². The Morgan fingerprint density at radius 1 is 1.54 bits per heavy atom. The zero-order valence-corrected chi connectivity index (χ0v) is 9.02. The smallest absolute Gasteiger partial charge is 0.321 e. The van der Waals surface area contributed by atoms with Gasteiger partial charge in [0.2, 0.25) is 0 Å². The molecule has 0 aliphatic carbocycles. The number of hydrogen-bond donors (Lipinski definition) is 1. The Hall–Kier alpha value is -0.710. The first-order valence-electron chi connectivity index (χ1n) is 4.27. The van der Waals surface area contributed by atoms with Gasteiger partial charge >= 0.3 is 6.01 Å². The molecule has 0 amide bonds. The maximum absolute atomic E-state index is 4.98. The molecule has 1 heterocycles. The van der Waals surface area contributed by atoms with Crippen LogP contribution in [0.3, 0.4) is 0 Å². The van der Waals surface area contributed by atoms with Crippen LogP contribution < -0.4 is 5.32 Å². The average Bonchev–Trinajstić information content (AvgIpc) is 2.50. The third kappa shape index (κ3) is 3.67. The van der Waals surface area contributed by atoms with Crippen LogP contribution in [-0.2, 0) is 5.75 Å². The summed E-state index contributed by atoms with van der Waals surface area (Å²) in [6, 6.07) is 0.526. The molecule has 0 radical (unpaired) electrons. The molecule has 0 spiro atoms. The minimum atomic E-state index is 0.526. The fourth-order valence-corrected chi connectivity index (χ4v) is 1.18. The van der Waals surface area contributed by atoms with Gasteiger partial charge in [-0.25, -0.2) is 0 Å².